The number of aromatic nitrogens is 1. The summed E-state index contributed by atoms with van der Waals surface area (Å²) < 4.78 is 23.0. The molecule has 24 heavy (non-hydrogen) atoms. The second-order valence-corrected chi connectivity index (χ2v) is 7.31. The molecule has 0 radical (unpaired) electrons. The van der Waals surface area contributed by atoms with E-state index in [2.05, 4.69) is 10.3 Å². The largest absolute Gasteiger partial charge is 0.310 e. The number of nitro groups is 1. The Kier molecular flexibility index (Phi) is 5.15. The Morgan fingerprint density at radius 2 is 2.04 bits per heavy atom. The number of benzene rings is 1. The molecule has 0 aliphatic rings. The van der Waals surface area contributed by atoms with Crippen molar-refractivity contribution in [1.82, 2.24) is 4.98 Å². The van der Waals surface area contributed by atoms with Gasteiger partial charge in [-0.05, 0) is 17.7 Å². The molecule has 0 spiro atoms. The summed E-state index contributed by atoms with van der Waals surface area (Å²) >= 11 is 5.92. The fourth-order valence-electron chi connectivity index (χ4n) is 1.93. The van der Waals surface area contributed by atoms with E-state index in [1.165, 1.54) is 30.5 Å². The zero-order chi connectivity index (χ0) is 17.9. The molecule has 0 saturated heterocycles. The standard InChI is InChI=1S/C14H12ClN3O5S/c1-24(22,23)12-3-2-9(6-11(12)15)7-14(19)17-13-8-10(18(20)21)4-5-16-13/h2-6,8H,7H2,1H3,(H,16,17,19). The van der Waals surface area contributed by atoms with E-state index in [1.807, 2.05) is 0 Å². The van der Waals surface area contributed by atoms with Crippen LogP contribution in [0.25, 0.3) is 0 Å². The van der Waals surface area contributed by atoms with E-state index >= 15 is 0 Å². The van der Waals surface area contributed by atoms with Gasteiger partial charge in [0.05, 0.1) is 27.3 Å². The third kappa shape index (κ3) is 4.49. The number of nitrogens with one attached hydrogen (secondary N) is 1. The Bertz CT molecular complexity index is 914. The number of sulfone groups is 1. The molecule has 1 N–H and O–H groups in total. The molecule has 1 aromatic carbocycles. The number of hydrogen-bond donors (Lipinski definition) is 1. The molecule has 0 aliphatic carbocycles. The van der Waals surface area contributed by atoms with Crippen molar-refractivity contribution in [2.45, 2.75) is 11.3 Å². The lowest BCUT2D eigenvalue weighted by molar-refractivity contribution is -0.384. The van der Waals surface area contributed by atoms with Crippen LogP contribution in [0.4, 0.5) is 11.5 Å². The van der Waals surface area contributed by atoms with Gasteiger partial charge in [0.2, 0.25) is 5.91 Å². The Hall–Kier alpha value is -2.52. The lowest BCUT2D eigenvalue weighted by Gasteiger charge is -2.07. The van der Waals surface area contributed by atoms with Gasteiger partial charge in [0, 0.05) is 18.5 Å². The fourth-order valence-corrected chi connectivity index (χ4v) is 3.28. The van der Waals surface area contributed by atoms with Gasteiger partial charge in [-0.3, -0.25) is 14.9 Å². The zero-order valence-electron chi connectivity index (χ0n) is 12.4. The molecule has 0 unspecified atom stereocenters. The fraction of sp³-hybridized carbons (Fsp3) is 0.143. The van der Waals surface area contributed by atoms with E-state index < -0.39 is 20.7 Å². The molecule has 1 aromatic heterocycles. The van der Waals surface area contributed by atoms with Crippen LogP contribution in [-0.4, -0.2) is 30.5 Å². The molecule has 0 atom stereocenters. The van der Waals surface area contributed by atoms with Crippen LogP contribution in [0.3, 0.4) is 0 Å². The molecule has 10 heteroatoms. The highest BCUT2D eigenvalue weighted by Gasteiger charge is 2.14. The average molecular weight is 370 g/mol. The van der Waals surface area contributed by atoms with Gasteiger partial charge in [-0.1, -0.05) is 17.7 Å². The van der Waals surface area contributed by atoms with Gasteiger partial charge in [-0.15, -0.1) is 0 Å². The minimum atomic E-state index is -3.45. The molecular formula is C14H12ClN3O5S. The predicted molar refractivity (Wildman–Crippen MR) is 87.8 cm³/mol. The highest BCUT2D eigenvalue weighted by atomic mass is 35.5. The molecule has 0 aliphatic heterocycles. The van der Waals surface area contributed by atoms with Gasteiger partial charge in [0.25, 0.3) is 5.69 Å². The van der Waals surface area contributed by atoms with Gasteiger partial charge in [-0.25, -0.2) is 13.4 Å². The van der Waals surface area contributed by atoms with Gasteiger partial charge in [0.1, 0.15) is 5.82 Å². The summed E-state index contributed by atoms with van der Waals surface area (Å²) in [6.45, 7) is 0. The Labute approximate surface area is 142 Å². The van der Waals surface area contributed by atoms with Crippen molar-refractivity contribution in [1.29, 1.82) is 0 Å². The quantitative estimate of drug-likeness (QED) is 0.637. The minimum Gasteiger partial charge on any atom is -0.310 e. The Balaban J connectivity index is 2.12. The van der Waals surface area contributed by atoms with Crippen LogP contribution < -0.4 is 5.32 Å². The van der Waals surface area contributed by atoms with Crippen LogP contribution in [0.5, 0.6) is 0 Å². The highest BCUT2D eigenvalue weighted by molar-refractivity contribution is 7.90. The first-order valence-electron chi connectivity index (χ1n) is 6.55. The molecule has 0 saturated carbocycles. The molecule has 0 fully saturated rings. The Morgan fingerprint density at radius 3 is 2.62 bits per heavy atom. The second-order valence-electron chi connectivity index (χ2n) is 4.92. The highest BCUT2D eigenvalue weighted by Crippen LogP contribution is 2.23. The summed E-state index contributed by atoms with van der Waals surface area (Å²) in [7, 11) is -3.45. The zero-order valence-corrected chi connectivity index (χ0v) is 14.0. The van der Waals surface area contributed by atoms with Gasteiger partial charge in [0.15, 0.2) is 9.84 Å². The van der Waals surface area contributed by atoms with E-state index in [0.717, 1.165) is 12.3 Å². The number of halogens is 1. The second kappa shape index (κ2) is 6.93. The first-order chi connectivity index (χ1) is 11.2. The lowest BCUT2D eigenvalue weighted by Crippen LogP contribution is -2.15. The van der Waals surface area contributed by atoms with Crippen molar-refractivity contribution in [3.63, 3.8) is 0 Å². The molecule has 1 heterocycles. The number of carbonyl (C=O) groups is 1. The number of hydrogen-bond acceptors (Lipinski definition) is 6. The third-order valence-corrected chi connectivity index (χ3v) is 4.56. The average Bonchev–Trinajstić information content (AvgIpc) is 2.45. The van der Waals surface area contributed by atoms with E-state index in [9.17, 15) is 23.3 Å². The molecule has 8 nitrogen and oxygen atoms in total. The molecule has 126 valence electrons. The topological polar surface area (TPSA) is 119 Å². The minimum absolute atomic E-state index is 0.0197. The first kappa shape index (κ1) is 17.8. The number of pyridine rings is 1. The van der Waals surface area contributed by atoms with Crippen LogP contribution in [0.1, 0.15) is 5.56 Å². The first-order valence-corrected chi connectivity index (χ1v) is 8.82. The van der Waals surface area contributed by atoms with Crippen LogP contribution >= 0.6 is 11.6 Å². The van der Waals surface area contributed by atoms with Crippen molar-refractivity contribution >= 4 is 38.9 Å². The molecule has 1 amide bonds. The maximum absolute atomic E-state index is 12.0. The molecular weight excluding hydrogens is 358 g/mol. The van der Waals surface area contributed by atoms with Crippen LogP contribution in [0, 0.1) is 10.1 Å². The SMILES string of the molecule is CS(=O)(=O)c1ccc(CC(=O)Nc2cc([N+](=O)[O-])ccn2)cc1Cl. The summed E-state index contributed by atoms with van der Waals surface area (Å²) in [5.74, 6) is -0.417. The van der Waals surface area contributed by atoms with Gasteiger partial charge < -0.3 is 5.32 Å². The molecule has 0 bridgehead atoms. The third-order valence-electron chi connectivity index (χ3n) is 2.98. The van der Waals surface area contributed by atoms with Gasteiger partial charge >= 0.3 is 0 Å². The number of nitrogens with zero attached hydrogens (tertiary/aromatic N) is 2. The number of anilines is 1. The number of carbonyl (C=O) groups excluding carboxylic acids is 1. The molecule has 2 aromatic rings. The maximum Gasteiger partial charge on any atom is 0.274 e. The van der Waals surface area contributed by atoms with E-state index in [0.29, 0.717) is 5.56 Å². The van der Waals surface area contributed by atoms with Crippen molar-refractivity contribution in [3.05, 3.63) is 57.2 Å². The van der Waals surface area contributed by atoms with Crippen LogP contribution in [0.15, 0.2) is 41.4 Å². The predicted octanol–water partition coefficient (Wildman–Crippen LogP) is 2.23. The lowest BCUT2D eigenvalue weighted by atomic mass is 10.1. The van der Waals surface area contributed by atoms with Gasteiger partial charge in [-0.2, -0.15) is 0 Å². The van der Waals surface area contributed by atoms with E-state index in [-0.39, 0.29) is 27.8 Å². The normalized spacial score (nSPS) is 11.1. The number of rotatable bonds is 5. The molecule has 2 rings (SSSR count). The van der Waals surface area contributed by atoms with E-state index in [1.54, 1.807) is 0 Å². The summed E-state index contributed by atoms with van der Waals surface area (Å²) in [5.41, 5.74) is 0.302. The Morgan fingerprint density at radius 1 is 1.33 bits per heavy atom. The summed E-state index contributed by atoms with van der Waals surface area (Å²) in [6, 6.07) is 6.53. The monoisotopic (exact) mass is 369 g/mol. The summed E-state index contributed by atoms with van der Waals surface area (Å²) in [5, 5.41) is 13.1. The van der Waals surface area contributed by atoms with Crippen molar-refractivity contribution in [2.24, 2.45) is 0 Å². The van der Waals surface area contributed by atoms with E-state index in [4.69, 9.17) is 11.6 Å². The number of amides is 1. The van der Waals surface area contributed by atoms with Crippen LogP contribution in [-0.2, 0) is 21.1 Å². The van der Waals surface area contributed by atoms with Crippen molar-refractivity contribution in [3.8, 4) is 0 Å². The van der Waals surface area contributed by atoms with Crippen molar-refractivity contribution in [2.75, 3.05) is 11.6 Å². The summed E-state index contributed by atoms with van der Waals surface area (Å²) in [4.78, 5) is 25.9. The smallest absolute Gasteiger partial charge is 0.274 e. The van der Waals surface area contributed by atoms with Crippen LogP contribution in [0.2, 0.25) is 5.02 Å². The maximum atomic E-state index is 12.0. The summed E-state index contributed by atoms with van der Waals surface area (Å²) in [6.07, 6.45) is 2.16. The van der Waals surface area contributed by atoms with Crippen molar-refractivity contribution < 1.29 is 18.1 Å².